The Labute approximate surface area is 282 Å². The number of piperidine rings is 1. The summed E-state index contributed by atoms with van der Waals surface area (Å²) in [5, 5.41) is 28.0. The van der Waals surface area contributed by atoms with Gasteiger partial charge in [0.25, 0.3) is 0 Å². The Balaban J connectivity index is 1.36. The molecule has 47 heavy (non-hydrogen) atoms. The lowest BCUT2D eigenvalue weighted by atomic mass is 9.98. The van der Waals surface area contributed by atoms with E-state index in [1.807, 2.05) is 48.0 Å². The molecule has 2 atom stereocenters. The number of aryl methyl sites for hydroxylation is 1. The van der Waals surface area contributed by atoms with Gasteiger partial charge in [-0.25, -0.2) is 4.68 Å². The second kappa shape index (κ2) is 13.7. The summed E-state index contributed by atoms with van der Waals surface area (Å²) >= 11 is 6.91. The van der Waals surface area contributed by atoms with Gasteiger partial charge in [-0.1, -0.05) is 60.1 Å². The zero-order valence-corrected chi connectivity index (χ0v) is 28.5. The number of hydrogen-bond donors (Lipinski definition) is 2. The molecule has 1 fully saturated rings. The van der Waals surface area contributed by atoms with Crippen molar-refractivity contribution >= 4 is 33.9 Å². The van der Waals surface area contributed by atoms with Crippen LogP contribution in [-0.4, -0.2) is 48.5 Å². The van der Waals surface area contributed by atoms with Crippen molar-refractivity contribution < 1.29 is 0 Å². The highest BCUT2D eigenvalue weighted by atomic mass is 35.5. The van der Waals surface area contributed by atoms with Gasteiger partial charge in [0, 0.05) is 53.4 Å². The summed E-state index contributed by atoms with van der Waals surface area (Å²) in [4.78, 5) is 11.7. The number of nitriles is 1. The Morgan fingerprint density at radius 3 is 2.49 bits per heavy atom. The second-order valence-corrected chi connectivity index (χ2v) is 13.7. The fraction of sp³-hybridized carbons (Fsp3) is 0.378. The molecule has 4 heterocycles. The molecular formula is C37H42ClN9. The Kier molecular flexibility index (Phi) is 9.44. The molecule has 0 unspecified atom stereocenters. The quantitative estimate of drug-likeness (QED) is 0.165. The first-order valence-electron chi connectivity index (χ1n) is 16.3. The Morgan fingerprint density at radius 2 is 1.81 bits per heavy atom. The van der Waals surface area contributed by atoms with Gasteiger partial charge in [-0.2, -0.15) is 5.26 Å². The first kappa shape index (κ1) is 32.4. The molecular weight excluding hydrogens is 606 g/mol. The van der Waals surface area contributed by atoms with E-state index in [1.54, 1.807) is 12.4 Å². The van der Waals surface area contributed by atoms with Crippen molar-refractivity contribution in [2.75, 3.05) is 23.7 Å². The topological polar surface area (TPSA) is 108 Å². The molecule has 0 amide bonds. The molecule has 1 aliphatic heterocycles. The largest absolute Gasteiger partial charge is 0.377 e. The van der Waals surface area contributed by atoms with Crippen LogP contribution in [0.25, 0.3) is 10.9 Å². The highest BCUT2D eigenvalue weighted by Gasteiger charge is 2.29. The van der Waals surface area contributed by atoms with Crippen molar-refractivity contribution in [2.24, 2.45) is 0 Å². The summed E-state index contributed by atoms with van der Waals surface area (Å²) in [6, 6.07) is 20.4. The van der Waals surface area contributed by atoms with E-state index in [1.165, 1.54) is 0 Å². The summed E-state index contributed by atoms with van der Waals surface area (Å²) in [7, 11) is 0. The van der Waals surface area contributed by atoms with Gasteiger partial charge in [0.05, 0.1) is 46.1 Å². The van der Waals surface area contributed by atoms with Crippen LogP contribution >= 0.6 is 11.6 Å². The molecule has 242 valence electrons. The molecule has 1 aliphatic rings. The van der Waals surface area contributed by atoms with E-state index in [0.717, 1.165) is 65.9 Å². The maximum Gasteiger partial charge on any atom is 0.110 e. The second-order valence-electron chi connectivity index (χ2n) is 13.3. The first-order valence-corrected chi connectivity index (χ1v) is 16.7. The van der Waals surface area contributed by atoms with E-state index in [4.69, 9.17) is 16.7 Å². The fourth-order valence-corrected chi connectivity index (χ4v) is 6.81. The molecule has 5 aromatic rings. The van der Waals surface area contributed by atoms with Gasteiger partial charge in [0.2, 0.25) is 0 Å². The van der Waals surface area contributed by atoms with Crippen molar-refractivity contribution in [2.45, 2.75) is 77.5 Å². The summed E-state index contributed by atoms with van der Waals surface area (Å²) in [5.41, 5.74) is 6.56. The van der Waals surface area contributed by atoms with Crippen LogP contribution in [0.3, 0.4) is 0 Å². The third-order valence-corrected chi connectivity index (χ3v) is 9.54. The number of benzene rings is 2. The van der Waals surface area contributed by atoms with Gasteiger partial charge < -0.3 is 10.6 Å². The van der Waals surface area contributed by atoms with Crippen LogP contribution in [0.4, 0.5) is 11.4 Å². The first-order chi connectivity index (χ1) is 22.7. The molecule has 6 rings (SSSR count). The highest BCUT2D eigenvalue weighted by molar-refractivity contribution is 6.35. The maximum atomic E-state index is 10.1. The molecule has 9 nitrogen and oxygen atoms in total. The van der Waals surface area contributed by atoms with Crippen LogP contribution in [0.2, 0.25) is 5.02 Å². The van der Waals surface area contributed by atoms with Crippen LogP contribution in [0.5, 0.6) is 0 Å². The zero-order valence-electron chi connectivity index (χ0n) is 27.7. The van der Waals surface area contributed by atoms with Crippen LogP contribution in [0.15, 0.2) is 73.2 Å². The lowest BCUT2D eigenvalue weighted by Crippen LogP contribution is -2.46. The molecule has 3 aromatic heterocycles. The molecule has 0 saturated carbocycles. The van der Waals surface area contributed by atoms with Crippen LogP contribution in [-0.2, 0) is 0 Å². The minimum absolute atomic E-state index is 0.000357. The molecule has 2 N–H and O–H groups in total. The van der Waals surface area contributed by atoms with Crippen molar-refractivity contribution in [3.8, 4) is 6.07 Å². The van der Waals surface area contributed by atoms with E-state index in [-0.39, 0.29) is 17.6 Å². The number of pyridine rings is 2. The average molecular weight is 648 g/mol. The van der Waals surface area contributed by atoms with Crippen LogP contribution in [0.1, 0.15) is 93.2 Å². The van der Waals surface area contributed by atoms with Crippen molar-refractivity contribution in [3.05, 3.63) is 106 Å². The Hall–Kier alpha value is -4.52. The van der Waals surface area contributed by atoms with E-state index in [9.17, 15) is 5.26 Å². The van der Waals surface area contributed by atoms with Gasteiger partial charge in [0.15, 0.2) is 0 Å². The molecule has 0 radical (unpaired) electrons. The number of rotatable bonds is 9. The maximum absolute atomic E-state index is 10.1. The highest BCUT2D eigenvalue weighted by Crippen LogP contribution is 2.38. The number of halogens is 1. The van der Waals surface area contributed by atoms with Gasteiger partial charge in [-0.15, -0.1) is 5.10 Å². The number of hydrogen-bond acceptors (Lipinski definition) is 8. The number of anilines is 2. The third kappa shape index (κ3) is 6.95. The number of aromatic nitrogens is 5. The summed E-state index contributed by atoms with van der Waals surface area (Å²) in [5.74, 6) is 0. The molecule has 2 aromatic carbocycles. The summed E-state index contributed by atoms with van der Waals surface area (Å²) < 4.78 is 2.03. The van der Waals surface area contributed by atoms with Crippen molar-refractivity contribution in [1.82, 2.24) is 29.9 Å². The summed E-state index contributed by atoms with van der Waals surface area (Å²) in [6.07, 6.45) is 8.34. The molecule has 0 aliphatic carbocycles. The zero-order chi connectivity index (χ0) is 33.1. The third-order valence-electron chi connectivity index (χ3n) is 9.25. The minimum atomic E-state index is -0.336. The minimum Gasteiger partial charge on any atom is -0.377 e. The van der Waals surface area contributed by atoms with E-state index < -0.39 is 0 Å². The summed E-state index contributed by atoms with van der Waals surface area (Å²) in [6.45, 7) is 13.0. The average Bonchev–Trinajstić information content (AvgIpc) is 3.57. The molecule has 10 heteroatoms. The van der Waals surface area contributed by atoms with E-state index >= 15 is 0 Å². The standard InChI is InChI=1S/C37H42ClN9/c1-6-32(25-11-8-7-9-12-25)43-34-26(21-39)22-41-35-30(34)19-27(20-31(35)38)42-36(29-13-10-16-40-24(29)2)33-23-47(45-44-33)28-14-17-46(18-15-28)37(3,4)5/h7-13,16,19-20,22-23,28,32,36,42H,6,14-15,17-18H2,1-5H3,(H,41,43)/t32-,36+/m1/s1. The van der Waals surface area contributed by atoms with Gasteiger partial charge in [-0.3, -0.25) is 14.9 Å². The number of likely N-dealkylation sites (tertiary alicyclic amines) is 1. The molecule has 1 saturated heterocycles. The van der Waals surface area contributed by atoms with Gasteiger partial charge >= 0.3 is 0 Å². The molecule has 0 bridgehead atoms. The number of nitrogens with zero attached hydrogens (tertiary/aromatic N) is 7. The predicted molar refractivity (Wildman–Crippen MR) is 189 cm³/mol. The van der Waals surface area contributed by atoms with E-state index in [0.29, 0.717) is 27.8 Å². The monoisotopic (exact) mass is 647 g/mol. The fourth-order valence-electron chi connectivity index (χ4n) is 6.55. The normalized spacial score (nSPS) is 15.7. The number of fused-ring (bicyclic) bond motifs is 1. The lowest BCUT2D eigenvalue weighted by Gasteiger charge is -2.40. The van der Waals surface area contributed by atoms with Crippen molar-refractivity contribution in [1.29, 1.82) is 5.26 Å². The van der Waals surface area contributed by atoms with Crippen molar-refractivity contribution in [3.63, 3.8) is 0 Å². The van der Waals surface area contributed by atoms with Gasteiger partial charge in [-0.05, 0) is 70.7 Å². The van der Waals surface area contributed by atoms with Gasteiger partial charge in [0.1, 0.15) is 11.8 Å². The Morgan fingerprint density at radius 1 is 1.04 bits per heavy atom. The SMILES string of the molecule is CC[C@@H](Nc1c(C#N)cnc2c(Cl)cc(N[C@H](c3cn(C4CCN(C(C)(C)C)CC4)nn3)c3cccnc3C)cc12)c1ccccc1. The Bertz CT molecular complexity index is 1880. The molecule has 0 spiro atoms. The van der Waals surface area contributed by atoms with Crippen LogP contribution < -0.4 is 10.6 Å². The predicted octanol–water partition coefficient (Wildman–Crippen LogP) is 8.25. The lowest BCUT2D eigenvalue weighted by molar-refractivity contribution is 0.0866. The van der Waals surface area contributed by atoms with E-state index in [2.05, 4.69) is 88.9 Å². The smallest absolute Gasteiger partial charge is 0.110 e. The van der Waals surface area contributed by atoms with Crippen LogP contribution in [0, 0.1) is 18.3 Å². The number of nitrogens with one attached hydrogen (secondary N) is 2.